The van der Waals surface area contributed by atoms with Gasteiger partial charge in [0.1, 0.15) is 5.82 Å². The van der Waals surface area contributed by atoms with E-state index in [0.29, 0.717) is 12.5 Å². The fraction of sp³-hybridized carbons (Fsp3) is 0.263. The maximum absolute atomic E-state index is 6.22. The van der Waals surface area contributed by atoms with E-state index in [9.17, 15) is 0 Å². The van der Waals surface area contributed by atoms with E-state index >= 15 is 0 Å². The number of hydrogen-bond acceptors (Lipinski definition) is 4. The van der Waals surface area contributed by atoms with Gasteiger partial charge < -0.3 is 10.2 Å². The molecule has 0 saturated heterocycles. The van der Waals surface area contributed by atoms with Crippen LogP contribution in [0, 0.1) is 0 Å². The zero-order chi connectivity index (χ0) is 16.9. The molecule has 1 heterocycles. The normalized spacial score (nSPS) is 10.8. The van der Waals surface area contributed by atoms with E-state index in [1.54, 1.807) is 0 Å². The summed E-state index contributed by atoms with van der Waals surface area (Å²) in [6, 6.07) is 15.9. The van der Waals surface area contributed by atoms with Gasteiger partial charge in [0.25, 0.3) is 0 Å². The quantitative estimate of drug-likeness (QED) is 0.703. The van der Waals surface area contributed by atoms with Crippen LogP contribution in [0.5, 0.6) is 0 Å². The number of nitrogens with one attached hydrogen (secondary N) is 1. The Morgan fingerprint density at radius 1 is 0.958 bits per heavy atom. The highest BCUT2D eigenvalue weighted by Gasteiger charge is 2.12. The predicted octanol–water partition coefficient (Wildman–Crippen LogP) is 4.74. The monoisotopic (exact) mass is 340 g/mol. The number of anilines is 2. The molecule has 2 aromatic carbocycles. The molecule has 0 spiro atoms. The standard InChI is InChI=1S/C19H21ClN4/c1-3-24(4-2)18-15-10-6-8-12-17(15)22-19(23-18)21-13-14-9-5-7-11-16(14)20/h5-12H,3-4,13H2,1-2H3,(H,21,22,23). The molecule has 0 saturated carbocycles. The van der Waals surface area contributed by atoms with Crippen molar-refractivity contribution in [2.24, 2.45) is 0 Å². The molecule has 4 nitrogen and oxygen atoms in total. The molecule has 0 aliphatic carbocycles. The molecular formula is C19H21ClN4. The third-order valence-electron chi connectivity index (χ3n) is 4.04. The lowest BCUT2D eigenvalue weighted by molar-refractivity contribution is 0.848. The number of nitrogens with zero attached hydrogens (tertiary/aromatic N) is 3. The maximum atomic E-state index is 6.22. The Balaban J connectivity index is 1.95. The van der Waals surface area contributed by atoms with Crippen LogP contribution in [0.3, 0.4) is 0 Å². The van der Waals surface area contributed by atoms with E-state index < -0.39 is 0 Å². The van der Waals surface area contributed by atoms with Gasteiger partial charge >= 0.3 is 0 Å². The zero-order valence-electron chi connectivity index (χ0n) is 14.0. The number of para-hydroxylation sites is 1. The molecule has 1 N–H and O–H groups in total. The fourth-order valence-corrected chi connectivity index (χ4v) is 2.92. The number of hydrogen-bond donors (Lipinski definition) is 1. The van der Waals surface area contributed by atoms with Crippen molar-refractivity contribution in [2.75, 3.05) is 23.3 Å². The average molecular weight is 341 g/mol. The highest BCUT2D eigenvalue weighted by atomic mass is 35.5. The first kappa shape index (κ1) is 16.5. The molecule has 3 rings (SSSR count). The predicted molar refractivity (Wildman–Crippen MR) is 102 cm³/mol. The van der Waals surface area contributed by atoms with Crippen molar-refractivity contribution >= 4 is 34.3 Å². The number of benzene rings is 2. The lowest BCUT2D eigenvalue weighted by atomic mass is 10.2. The van der Waals surface area contributed by atoms with Crippen molar-refractivity contribution in [1.29, 1.82) is 0 Å². The summed E-state index contributed by atoms with van der Waals surface area (Å²) >= 11 is 6.22. The summed E-state index contributed by atoms with van der Waals surface area (Å²) in [6.07, 6.45) is 0. The van der Waals surface area contributed by atoms with Gasteiger partial charge in [-0.2, -0.15) is 4.98 Å². The summed E-state index contributed by atoms with van der Waals surface area (Å²) < 4.78 is 0. The fourth-order valence-electron chi connectivity index (χ4n) is 2.72. The highest BCUT2D eigenvalue weighted by molar-refractivity contribution is 6.31. The van der Waals surface area contributed by atoms with Gasteiger partial charge in [0, 0.05) is 30.0 Å². The summed E-state index contributed by atoms with van der Waals surface area (Å²) in [6.45, 7) is 6.67. The Hall–Kier alpha value is -2.33. The van der Waals surface area contributed by atoms with Gasteiger partial charge in [-0.15, -0.1) is 0 Å². The number of rotatable bonds is 6. The molecule has 5 heteroatoms. The SMILES string of the molecule is CCN(CC)c1nc(NCc2ccccc2Cl)nc2ccccc12. The van der Waals surface area contributed by atoms with E-state index in [-0.39, 0.29) is 0 Å². The average Bonchev–Trinajstić information content (AvgIpc) is 2.62. The third kappa shape index (κ3) is 3.44. The van der Waals surface area contributed by atoms with Crippen LogP contribution in [0.15, 0.2) is 48.5 Å². The first-order valence-corrected chi connectivity index (χ1v) is 8.59. The number of aromatic nitrogens is 2. The van der Waals surface area contributed by atoms with Gasteiger partial charge in [-0.25, -0.2) is 4.98 Å². The molecule has 3 aromatic rings. The van der Waals surface area contributed by atoms with Crippen LogP contribution in [0.1, 0.15) is 19.4 Å². The lowest BCUT2D eigenvalue weighted by Crippen LogP contribution is -2.24. The van der Waals surface area contributed by atoms with Crippen molar-refractivity contribution in [3.8, 4) is 0 Å². The van der Waals surface area contributed by atoms with E-state index in [1.807, 2.05) is 42.5 Å². The van der Waals surface area contributed by atoms with Crippen molar-refractivity contribution in [2.45, 2.75) is 20.4 Å². The van der Waals surface area contributed by atoms with Crippen molar-refractivity contribution in [3.63, 3.8) is 0 Å². The molecule has 0 aliphatic rings. The van der Waals surface area contributed by atoms with E-state index in [2.05, 4.69) is 35.1 Å². The summed E-state index contributed by atoms with van der Waals surface area (Å²) in [5, 5.41) is 5.12. The maximum Gasteiger partial charge on any atom is 0.225 e. The molecule has 0 radical (unpaired) electrons. The zero-order valence-corrected chi connectivity index (χ0v) is 14.7. The Morgan fingerprint density at radius 2 is 1.67 bits per heavy atom. The van der Waals surface area contributed by atoms with Crippen LogP contribution in [0.25, 0.3) is 10.9 Å². The molecule has 0 aliphatic heterocycles. The van der Waals surface area contributed by atoms with E-state index in [0.717, 1.165) is 40.4 Å². The minimum Gasteiger partial charge on any atom is -0.356 e. The summed E-state index contributed by atoms with van der Waals surface area (Å²) in [7, 11) is 0. The lowest BCUT2D eigenvalue weighted by Gasteiger charge is -2.22. The number of fused-ring (bicyclic) bond motifs is 1. The summed E-state index contributed by atoms with van der Waals surface area (Å²) in [5.41, 5.74) is 1.97. The Kier molecular flexibility index (Phi) is 5.16. The Morgan fingerprint density at radius 3 is 2.42 bits per heavy atom. The molecule has 124 valence electrons. The molecule has 0 unspecified atom stereocenters. The van der Waals surface area contributed by atoms with Crippen molar-refractivity contribution in [1.82, 2.24) is 9.97 Å². The Bertz CT molecular complexity index is 830. The van der Waals surface area contributed by atoms with E-state index in [1.165, 1.54) is 0 Å². The Labute approximate surface area is 147 Å². The molecule has 0 atom stereocenters. The van der Waals surface area contributed by atoms with Crippen LogP contribution in [-0.2, 0) is 6.54 Å². The third-order valence-corrected chi connectivity index (χ3v) is 4.41. The van der Waals surface area contributed by atoms with Gasteiger partial charge in [-0.05, 0) is 37.6 Å². The highest BCUT2D eigenvalue weighted by Crippen LogP contribution is 2.25. The molecule has 0 amide bonds. The van der Waals surface area contributed by atoms with Gasteiger partial charge in [0.05, 0.1) is 5.52 Å². The van der Waals surface area contributed by atoms with Crippen molar-refractivity contribution in [3.05, 3.63) is 59.1 Å². The van der Waals surface area contributed by atoms with Gasteiger partial charge in [-0.1, -0.05) is 41.9 Å². The van der Waals surface area contributed by atoms with Gasteiger partial charge in [-0.3, -0.25) is 0 Å². The van der Waals surface area contributed by atoms with Gasteiger partial charge in [0.2, 0.25) is 5.95 Å². The summed E-state index contributed by atoms with van der Waals surface area (Å²) in [5.74, 6) is 1.59. The van der Waals surface area contributed by atoms with Crippen LogP contribution in [-0.4, -0.2) is 23.1 Å². The van der Waals surface area contributed by atoms with Crippen LogP contribution >= 0.6 is 11.6 Å². The molecule has 0 bridgehead atoms. The van der Waals surface area contributed by atoms with E-state index in [4.69, 9.17) is 16.6 Å². The molecule has 0 fully saturated rings. The smallest absolute Gasteiger partial charge is 0.225 e. The van der Waals surface area contributed by atoms with Crippen LogP contribution in [0.2, 0.25) is 5.02 Å². The second-order valence-electron chi connectivity index (χ2n) is 5.51. The minimum absolute atomic E-state index is 0.593. The minimum atomic E-state index is 0.593. The second-order valence-corrected chi connectivity index (χ2v) is 5.91. The topological polar surface area (TPSA) is 41.1 Å². The second kappa shape index (κ2) is 7.49. The molecular weight excluding hydrogens is 320 g/mol. The first-order valence-electron chi connectivity index (χ1n) is 8.22. The molecule has 1 aromatic heterocycles. The largest absolute Gasteiger partial charge is 0.356 e. The van der Waals surface area contributed by atoms with Crippen molar-refractivity contribution < 1.29 is 0 Å². The van der Waals surface area contributed by atoms with Crippen LogP contribution in [0.4, 0.5) is 11.8 Å². The van der Waals surface area contributed by atoms with Crippen LogP contribution < -0.4 is 10.2 Å². The number of halogens is 1. The molecule has 24 heavy (non-hydrogen) atoms. The summed E-state index contributed by atoms with van der Waals surface area (Å²) in [4.78, 5) is 11.6. The first-order chi connectivity index (χ1) is 11.7. The van der Waals surface area contributed by atoms with Gasteiger partial charge in [0.15, 0.2) is 0 Å².